The van der Waals surface area contributed by atoms with Gasteiger partial charge in [-0.05, 0) is 180 Å². The highest BCUT2D eigenvalue weighted by molar-refractivity contribution is 6.63. The minimum absolute atomic E-state index is 0.0247. The predicted octanol–water partition coefficient (Wildman–Crippen LogP) is 10.3. The summed E-state index contributed by atoms with van der Waals surface area (Å²) in [4.78, 5) is 100. The van der Waals surface area contributed by atoms with E-state index in [0.717, 1.165) is 43.8 Å². The number of carbonyl (C=O) groups excluding carboxylic acids is 3. The molecule has 7 aromatic carbocycles. The fraction of sp³-hybridized carbons (Fsp3) is 0.207. The van der Waals surface area contributed by atoms with Crippen molar-refractivity contribution in [2.24, 2.45) is 22.9 Å². The number of aryl methyl sites for hydroxylation is 6. The van der Waals surface area contributed by atoms with Gasteiger partial charge in [-0.2, -0.15) is 25.5 Å². The standard InChI is InChI=1S/C20H16Cl2N4O2.C20H17ClN4O2.C15H18BClN4O3.C14H15ClN6O2.C13H14BClN4O3/c1-11-18-19(25-24-11)15-10-13(22)4-7-16(15)26(20(18)28)9-8-17(27)23-14-5-2-12(21)3-6-14;21-13-8-9-17-15(11-13)19-16(12-22-24-19)20(27)25(17)10-4-7-18(26)23-14-5-2-1-3-6-14;1-23-16(24-2)14-12-13(19-20-14)10-8-9(17)4-5-11(10)21(15(12)22)7-3-6-18;15-7-2-3-9-8(6-7)11-10(12(20-19-11)18-14(17)23)13(22)21(9)5-1-4-16;15-7-2-3-9-8(6-7)11-10(12(14(21)22)18-17-11)13(20)19(9)5-1-4-16/h2-7,10H,8-9H2,1H3,(H,23,27)(H,24,25);1-3,5-6,8-9,11-12H,4,7,10H2,(H,22,24)(H,23,26);4-5,8H,3,6-7,18H2,1-2H3,(H,19,20);2-3,6H,1,4-5,16H2,(H4,17,18,19,20,23);2-3,6,21-22H,1,4-5,16H2,(H,17,18). The maximum absolute atomic E-state index is 13.1. The van der Waals surface area contributed by atoms with E-state index in [1.807, 2.05) is 48.5 Å². The Labute approximate surface area is 732 Å². The topological polar surface area (TPSA) is 504 Å². The minimum Gasteiger partial charge on any atom is -0.422 e. The fourth-order valence-electron chi connectivity index (χ4n) is 14.6. The Morgan fingerprint density at radius 2 is 0.815 bits per heavy atom. The van der Waals surface area contributed by atoms with Gasteiger partial charge in [-0.3, -0.25) is 64.4 Å². The molecule has 18 N–H and O–H groups in total. The monoisotopic (exact) mass is 1800 g/mol. The van der Waals surface area contributed by atoms with E-state index in [0.29, 0.717) is 185 Å². The van der Waals surface area contributed by atoms with Crippen molar-refractivity contribution in [1.29, 1.82) is 0 Å². The van der Waals surface area contributed by atoms with E-state index in [9.17, 15) is 48.4 Å². The first-order chi connectivity index (χ1) is 59.7. The number of nitrogens with one attached hydrogen (secondary N) is 8. The average Bonchev–Trinajstić information content (AvgIpc) is 1.59. The van der Waals surface area contributed by atoms with Crippen LogP contribution in [0.25, 0.3) is 109 Å². The van der Waals surface area contributed by atoms with Crippen LogP contribution in [-0.2, 0) is 51.6 Å². The van der Waals surface area contributed by atoms with Gasteiger partial charge < -0.3 is 75.8 Å². The number of pyridine rings is 5. The van der Waals surface area contributed by atoms with Gasteiger partial charge in [-0.1, -0.05) is 87.8 Å². The summed E-state index contributed by atoms with van der Waals surface area (Å²) in [6.07, 6.45) is 4.48. The van der Waals surface area contributed by atoms with Crippen molar-refractivity contribution in [3.8, 4) is 0 Å². The van der Waals surface area contributed by atoms with Crippen LogP contribution in [0.4, 0.5) is 22.0 Å². The smallest absolute Gasteiger partial charge is 0.422 e. The predicted molar refractivity (Wildman–Crippen MR) is 492 cm³/mol. The SMILES string of the molecule is COB(OC)c1[nH]nc2c1c(=O)n(CCCN)c1ccc(Cl)cc21.Cc1[nH]nc2c1c(=O)n(CCC(=O)Nc1ccc(Cl)cc1)c1ccc(Cl)cc21.NCCCn1c(=O)c2c(B(O)O)[nH]nc2c2cc(Cl)ccc21.NCCCn1c(=O)c2c(NC(N)=O)n[nH]c2c2cc(Cl)ccc21.O=C(CCCn1c(=O)c2cn[nH]c2c2cc(Cl)ccc21)Nc1ccccc1. The molecule has 0 aliphatic heterocycles. The van der Waals surface area contributed by atoms with Crippen molar-refractivity contribution in [2.45, 2.75) is 78.2 Å². The Bertz CT molecular complexity index is 7210. The van der Waals surface area contributed by atoms with Gasteiger partial charge in [0.15, 0.2) is 5.82 Å². The van der Waals surface area contributed by atoms with Crippen LogP contribution >= 0.6 is 69.6 Å². The van der Waals surface area contributed by atoms with Crippen molar-refractivity contribution in [3.05, 3.63) is 239 Å². The summed E-state index contributed by atoms with van der Waals surface area (Å²) in [6, 6.07) is 41.8. The van der Waals surface area contributed by atoms with Crippen LogP contribution in [0.1, 0.15) is 44.2 Å². The third-order valence-electron chi connectivity index (χ3n) is 20.3. The number of primary amides is 1. The molecular formula is C82H80B2Cl6N22O12. The third-order valence-corrected chi connectivity index (χ3v) is 21.7. The lowest BCUT2D eigenvalue weighted by atomic mass is 9.82. The lowest BCUT2D eigenvalue weighted by Gasteiger charge is -2.12. The maximum atomic E-state index is 13.1. The molecule has 34 nitrogen and oxygen atoms in total. The highest BCUT2D eigenvalue weighted by atomic mass is 35.5. The van der Waals surface area contributed by atoms with E-state index in [1.165, 1.54) is 20.4 Å². The molecule has 17 aromatic rings. The average molecular weight is 1800 g/mol. The Hall–Kier alpha value is -12.3. The Balaban J connectivity index is 0.000000134. The van der Waals surface area contributed by atoms with Crippen LogP contribution in [0, 0.1) is 6.92 Å². The van der Waals surface area contributed by atoms with Gasteiger partial charge in [0.05, 0.1) is 77.5 Å². The molecule has 0 saturated carbocycles. The van der Waals surface area contributed by atoms with Crippen molar-refractivity contribution in [1.82, 2.24) is 73.8 Å². The van der Waals surface area contributed by atoms with E-state index >= 15 is 0 Å². The van der Waals surface area contributed by atoms with Crippen LogP contribution in [0.3, 0.4) is 0 Å². The second-order valence-corrected chi connectivity index (χ2v) is 30.9. The molecule has 0 bridgehead atoms. The lowest BCUT2D eigenvalue weighted by Crippen LogP contribution is -2.39. The zero-order valence-corrected chi connectivity index (χ0v) is 71.0. The number of urea groups is 1. The number of anilines is 3. The molecule has 42 heteroatoms. The number of nitrogens with two attached hydrogens (primary N) is 4. The number of rotatable bonds is 23. The molecule has 0 saturated heterocycles. The van der Waals surface area contributed by atoms with E-state index in [-0.39, 0.29) is 74.8 Å². The number of para-hydroxylation sites is 1. The highest BCUT2D eigenvalue weighted by Crippen LogP contribution is 2.32. The van der Waals surface area contributed by atoms with Crippen LogP contribution in [0.5, 0.6) is 0 Å². The number of benzene rings is 7. The molecule has 4 amide bonds. The van der Waals surface area contributed by atoms with Gasteiger partial charge in [0, 0.05) is 134 Å². The van der Waals surface area contributed by atoms with E-state index < -0.39 is 20.3 Å². The van der Waals surface area contributed by atoms with E-state index in [2.05, 4.69) is 66.9 Å². The number of hydrogen-bond acceptors (Lipinski definition) is 20. The first kappa shape index (κ1) is 89.5. The molecule has 0 aliphatic carbocycles. The van der Waals surface area contributed by atoms with Crippen LogP contribution < -0.4 is 77.9 Å². The number of amides is 4. The van der Waals surface area contributed by atoms with Gasteiger partial charge in [0.2, 0.25) is 11.8 Å². The highest BCUT2D eigenvalue weighted by Gasteiger charge is 2.29. The summed E-state index contributed by atoms with van der Waals surface area (Å²) in [6.45, 7) is 5.25. The molecular weight excluding hydrogens is 1720 g/mol. The number of hydrogen-bond donors (Lipinski definition) is 14. The van der Waals surface area contributed by atoms with E-state index in [1.54, 1.807) is 127 Å². The molecule has 0 fully saturated rings. The quantitative estimate of drug-likeness (QED) is 0.0265. The van der Waals surface area contributed by atoms with Crippen LogP contribution in [0.2, 0.25) is 30.1 Å². The van der Waals surface area contributed by atoms with Gasteiger partial charge in [-0.15, -0.1) is 0 Å². The Morgan fingerprint density at radius 3 is 1.30 bits per heavy atom. The molecule has 0 radical (unpaired) electrons. The minimum atomic E-state index is -1.81. The number of aromatic amines is 5. The van der Waals surface area contributed by atoms with Gasteiger partial charge in [0.25, 0.3) is 27.8 Å². The summed E-state index contributed by atoms with van der Waals surface area (Å²) in [5.74, 6) is -0.174. The largest absolute Gasteiger partial charge is 0.513 e. The van der Waals surface area contributed by atoms with Crippen molar-refractivity contribution >= 4 is 239 Å². The lowest BCUT2D eigenvalue weighted by molar-refractivity contribution is -0.117. The molecule has 124 heavy (non-hydrogen) atoms. The number of halogens is 6. The number of carbonyl (C=O) groups is 3. The first-order valence-corrected chi connectivity index (χ1v) is 40.9. The maximum Gasteiger partial charge on any atom is 0.513 e. The van der Waals surface area contributed by atoms with Gasteiger partial charge >= 0.3 is 20.3 Å². The summed E-state index contributed by atoms with van der Waals surface area (Å²) in [7, 11) is 0.497. The summed E-state index contributed by atoms with van der Waals surface area (Å²) in [5, 5.41) is 70.4. The zero-order chi connectivity index (χ0) is 88.3. The van der Waals surface area contributed by atoms with Gasteiger partial charge in [0.1, 0.15) is 21.9 Å². The molecule has 638 valence electrons. The molecule has 17 rings (SSSR count). The molecule has 0 aliphatic rings. The van der Waals surface area contributed by atoms with Gasteiger partial charge in [-0.25, -0.2) is 4.79 Å². The second-order valence-electron chi connectivity index (χ2n) is 28.3. The van der Waals surface area contributed by atoms with Crippen molar-refractivity contribution in [2.75, 3.05) is 49.8 Å². The third kappa shape index (κ3) is 19.2. The molecule has 0 unspecified atom stereocenters. The molecule has 10 aromatic heterocycles. The number of fused-ring (bicyclic) bond motifs is 15. The summed E-state index contributed by atoms with van der Waals surface area (Å²) < 4.78 is 18.7. The van der Waals surface area contributed by atoms with Crippen LogP contribution in [0.15, 0.2) is 176 Å². The molecule has 10 heterocycles. The zero-order valence-electron chi connectivity index (χ0n) is 66.5. The number of H-pyrrole nitrogens is 5. The fourth-order valence-corrected chi connectivity index (χ4v) is 15.6. The number of aromatic nitrogens is 15. The summed E-state index contributed by atoms with van der Waals surface area (Å²) >= 11 is 36.4. The van der Waals surface area contributed by atoms with Crippen molar-refractivity contribution < 1.29 is 33.7 Å². The number of nitrogens with zero attached hydrogens (tertiary/aromatic N) is 10. The van der Waals surface area contributed by atoms with Crippen molar-refractivity contribution in [3.63, 3.8) is 0 Å². The van der Waals surface area contributed by atoms with E-state index in [4.69, 9.17) is 102 Å². The normalized spacial score (nSPS) is 11.3. The van der Waals surface area contributed by atoms with Crippen LogP contribution in [-0.4, -0.2) is 150 Å². The summed E-state index contributed by atoms with van der Waals surface area (Å²) in [5.41, 5.74) is 29.6. The molecule has 0 atom stereocenters. The Morgan fingerprint density at radius 1 is 0.419 bits per heavy atom. The molecule has 0 spiro atoms. The Kier molecular flexibility index (Phi) is 28.8. The first-order valence-electron chi connectivity index (χ1n) is 38.7. The second kappa shape index (κ2) is 39.9.